The van der Waals surface area contributed by atoms with Crippen LogP contribution < -0.4 is 10.3 Å². The van der Waals surface area contributed by atoms with Gasteiger partial charge in [0.1, 0.15) is 21.9 Å². The van der Waals surface area contributed by atoms with Crippen molar-refractivity contribution in [3.05, 3.63) is 45.8 Å². The third-order valence-electron chi connectivity index (χ3n) is 4.49. The van der Waals surface area contributed by atoms with Gasteiger partial charge in [-0.05, 0) is 45.4 Å². The van der Waals surface area contributed by atoms with Crippen LogP contribution in [0.2, 0.25) is 0 Å². The summed E-state index contributed by atoms with van der Waals surface area (Å²) in [6.07, 6.45) is 0. The maximum absolute atomic E-state index is 13.4. The molecule has 0 aliphatic carbocycles. The molecule has 0 saturated heterocycles. The van der Waals surface area contributed by atoms with Crippen molar-refractivity contribution in [1.29, 1.82) is 0 Å². The molecule has 1 aromatic carbocycles. The van der Waals surface area contributed by atoms with E-state index in [2.05, 4.69) is 4.98 Å². The zero-order valence-electron chi connectivity index (χ0n) is 16.0. The molecule has 27 heavy (non-hydrogen) atoms. The van der Waals surface area contributed by atoms with E-state index in [1.807, 2.05) is 29.6 Å². The molecule has 142 valence electrons. The fourth-order valence-corrected chi connectivity index (χ4v) is 4.14. The van der Waals surface area contributed by atoms with E-state index in [0.717, 1.165) is 11.1 Å². The summed E-state index contributed by atoms with van der Waals surface area (Å²) < 4.78 is 11.9. The average Bonchev–Trinajstić information content (AvgIpc) is 3.05. The molecule has 7 heteroatoms. The van der Waals surface area contributed by atoms with Gasteiger partial charge in [-0.1, -0.05) is 12.1 Å². The van der Waals surface area contributed by atoms with Crippen LogP contribution in [0.4, 0.5) is 0 Å². The number of fused-ring (bicyclic) bond motifs is 1. The van der Waals surface area contributed by atoms with Crippen molar-refractivity contribution in [3.8, 4) is 16.9 Å². The van der Waals surface area contributed by atoms with Gasteiger partial charge >= 0.3 is 5.97 Å². The Morgan fingerprint density at radius 3 is 2.74 bits per heavy atom. The number of carbonyl (C=O) groups excluding carboxylic acids is 1. The highest BCUT2D eigenvalue weighted by Gasteiger charge is 2.35. The number of thiophene rings is 1. The van der Waals surface area contributed by atoms with Gasteiger partial charge in [-0.3, -0.25) is 9.36 Å². The molecule has 0 fully saturated rings. The Morgan fingerprint density at radius 1 is 1.33 bits per heavy atom. The Labute approximate surface area is 161 Å². The highest BCUT2D eigenvalue weighted by atomic mass is 32.1. The Morgan fingerprint density at radius 2 is 2.07 bits per heavy atom. The van der Waals surface area contributed by atoms with Gasteiger partial charge in [-0.2, -0.15) is 0 Å². The van der Waals surface area contributed by atoms with Gasteiger partial charge in [0.25, 0.3) is 5.56 Å². The molecule has 2 aromatic heterocycles. The fourth-order valence-electron chi connectivity index (χ4n) is 3.15. The molecule has 0 saturated carbocycles. The van der Waals surface area contributed by atoms with Crippen LogP contribution in [0, 0.1) is 6.92 Å². The van der Waals surface area contributed by atoms with Crippen molar-refractivity contribution >= 4 is 27.5 Å². The maximum Gasteiger partial charge on any atom is 0.331 e. The van der Waals surface area contributed by atoms with E-state index in [1.165, 1.54) is 15.9 Å². The first kappa shape index (κ1) is 19.1. The molecule has 2 heterocycles. The standard InChI is InChI=1S/C20H22N2O4S/c1-6-26-19(24)20(3,4)22-12(2)21-17-16(18(22)23)15(11-27-17)13-8-7-9-14(10-13)25-5/h7-11H,6H2,1-5H3. The Hall–Kier alpha value is -2.67. The summed E-state index contributed by atoms with van der Waals surface area (Å²) in [5, 5.41) is 2.41. The maximum atomic E-state index is 13.4. The molecule has 3 rings (SSSR count). The van der Waals surface area contributed by atoms with Gasteiger partial charge in [-0.25, -0.2) is 9.78 Å². The van der Waals surface area contributed by atoms with Crippen molar-refractivity contribution in [3.63, 3.8) is 0 Å². The molecule has 3 aromatic rings. The first-order valence-corrected chi connectivity index (χ1v) is 9.52. The van der Waals surface area contributed by atoms with Gasteiger partial charge in [0, 0.05) is 10.9 Å². The van der Waals surface area contributed by atoms with Crippen molar-refractivity contribution in [2.45, 2.75) is 33.2 Å². The second-order valence-corrected chi connectivity index (χ2v) is 7.50. The lowest BCUT2D eigenvalue weighted by atomic mass is 10.0. The minimum Gasteiger partial charge on any atom is -0.497 e. The number of benzene rings is 1. The summed E-state index contributed by atoms with van der Waals surface area (Å²) in [6, 6.07) is 7.52. The summed E-state index contributed by atoms with van der Waals surface area (Å²) >= 11 is 1.41. The lowest BCUT2D eigenvalue weighted by Gasteiger charge is -2.26. The molecule has 0 aliphatic heterocycles. The third kappa shape index (κ3) is 3.23. The highest BCUT2D eigenvalue weighted by molar-refractivity contribution is 7.17. The Kier molecular flexibility index (Phi) is 5.06. The van der Waals surface area contributed by atoms with E-state index in [4.69, 9.17) is 9.47 Å². The van der Waals surface area contributed by atoms with Gasteiger partial charge in [0.05, 0.1) is 19.1 Å². The monoisotopic (exact) mass is 386 g/mol. The van der Waals surface area contributed by atoms with Crippen LogP contribution in [0.15, 0.2) is 34.4 Å². The Balaban J connectivity index is 2.27. The number of rotatable bonds is 5. The zero-order chi connectivity index (χ0) is 19.8. The first-order chi connectivity index (χ1) is 12.8. The predicted octanol–water partition coefficient (Wildman–Crippen LogP) is 3.74. The summed E-state index contributed by atoms with van der Waals surface area (Å²) in [4.78, 5) is 31.1. The molecule has 0 radical (unpaired) electrons. The average molecular weight is 386 g/mol. The number of aryl methyl sites for hydroxylation is 1. The summed E-state index contributed by atoms with van der Waals surface area (Å²) in [6.45, 7) is 7.06. The van der Waals surface area contributed by atoms with E-state index in [9.17, 15) is 9.59 Å². The van der Waals surface area contributed by atoms with E-state index >= 15 is 0 Å². The molecule has 6 nitrogen and oxygen atoms in total. The molecule has 0 N–H and O–H groups in total. The highest BCUT2D eigenvalue weighted by Crippen LogP contribution is 2.33. The summed E-state index contributed by atoms with van der Waals surface area (Å²) in [5.74, 6) is 0.721. The van der Waals surface area contributed by atoms with Gasteiger partial charge in [-0.15, -0.1) is 11.3 Å². The minimum atomic E-state index is -1.16. The number of carbonyl (C=O) groups is 1. The van der Waals surface area contributed by atoms with Crippen LogP contribution in [0.3, 0.4) is 0 Å². The molecule has 0 amide bonds. The van der Waals surface area contributed by atoms with E-state index < -0.39 is 11.5 Å². The van der Waals surface area contributed by atoms with Crippen molar-refractivity contribution in [1.82, 2.24) is 9.55 Å². The Bertz CT molecular complexity index is 1070. The number of ether oxygens (including phenoxy) is 2. The minimum absolute atomic E-state index is 0.249. The summed E-state index contributed by atoms with van der Waals surface area (Å²) in [7, 11) is 1.60. The first-order valence-electron chi connectivity index (χ1n) is 8.64. The molecular weight excluding hydrogens is 364 g/mol. The number of hydrogen-bond acceptors (Lipinski definition) is 6. The molecule has 0 aliphatic rings. The SMILES string of the molecule is CCOC(=O)C(C)(C)n1c(C)nc2scc(-c3cccc(OC)c3)c2c1=O. The molecular formula is C20H22N2O4S. The van der Waals surface area contributed by atoms with E-state index in [0.29, 0.717) is 21.8 Å². The van der Waals surface area contributed by atoms with Crippen molar-refractivity contribution in [2.24, 2.45) is 0 Å². The quantitative estimate of drug-likeness (QED) is 0.625. The lowest BCUT2D eigenvalue weighted by molar-refractivity contribution is -0.152. The van der Waals surface area contributed by atoms with Crippen LogP contribution in [-0.4, -0.2) is 29.2 Å². The van der Waals surface area contributed by atoms with Gasteiger partial charge in [0.2, 0.25) is 0 Å². The topological polar surface area (TPSA) is 70.4 Å². The predicted molar refractivity (Wildman–Crippen MR) is 107 cm³/mol. The second-order valence-electron chi connectivity index (χ2n) is 6.64. The van der Waals surface area contributed by atoms with E-state index in [-0.39, 0.29) is 12.2 Å². The second kappa shape index (κ2) is 7.15. The van der Waals surface area contributed by atoms with Gasteiger partial charge < -0.3 is 9.47 Å². The van der Waals surface area contributed by atoms with Crippen molar-refractivity contribution < 1.29 is 14.3 Å². The smallest absolute Gasteiger partial charge is 0.331 e. The van der Waals surface area contributed by atoms with Crippen LogP contribution >= 0.6 is 11.3 Å². The van der Waals surface area contributed by atoms with Crippen LogP contribution in [0.5, 0.6) is 5.75 Å². The van der Waals surface area contributed by atoms with Crippen LogP contribution in [0.1, 0.15) is 26.6 Å². The normalized spacial score (nSPS) is 11.6. The van der Waals surface area contributed by atoms with Crippen molar-refractivity contribution in [2.75, 3.05) is 13.7 Å². The van der Waals surface area contributed by atoms with E-state index in [1.54, 1.807) is 34.8 Å². The number of methoxy groups -OCH3 is 1. The molecule has 0 bridgehead atoms. The molecule has 0 spiro atoms. The number of esters is 1. The largest absolute Gasteiger partial charge is 0.497 e. The van der Waals surface area contributed by atoms with Gasteiger partial charge in [0.15, 0.2) is 0 Å². The number of hydrogen-bond donors (Lipinski definition) is 0. The van der Waals surface area contributed by atoms with Crippen LogP contribution in [-0.2, 0) is 15.1 Å². The third-order valence-corrected chi connectivity index (χ3v) is 5.36. The van der Waals surface area contributed by atoms with Crippen LogP contribution in [0.25, 0.3) is 21.3 Å². The summed E-state index contributed by atoms with van der Waals surface area (Å²) in [5.41, 5.74) is 0.227. The molecule has 0 atom stereocenters. The lowest BCUT2D eigenvalue weighted by Crippen LogP contribution is -2.45. The zero-order valence-corrected chi connectivity index (χ0v) is 16.8. The fraction of sp³-hybridized carbons (Fsp3) is 0.350. The number of nitrogens with zero attached hydrogens (tertiary/aromatic N) is 2. The molecule has 0 unspecified atom stereocenters. The number of aromatic nitrogens is 2.